The van der Waals surface area contributed by atoms with Crippen LogP contribution in [0, 0.1) is 11.8 Å². The molecule has 168 valence electrons. The molecule has 1 aromatic carbocycles. The van der Waals surface area contributed by atoms with Gasteiger partial charge in [0.05, 0.1) is 19.8 Å². The number of unbranched alkanes of at least 4 members (excludes halogenated alkanes) is 2. The van der Waals surface area contributed by atoms with Crippen molar-refractivity contribution in [3.63, 3.8) is 0 Å². The fraction of sp³-hybridized carbons (Fsp3) is 0.760. The van der Waals surface area contributed by atoms with Crippen molar-refractivity contribution in [1.29, 1.82) is 0 Å². The predicted molar refractivity (Wildman–Crippen MR) is 121 cm³/mol. The zero-order chi connectivity index (χ0) is 21.5. The molecule has 0 spiro atoms. The number of aromatic hydroxyl groups is 1. The Labute approximate surface area is 178 Å². The van der Waals surface area contributed by atoms with Crippen LogP contribution in [0.4, 0.5) is 0 Å². The molecule has 1 aromatic rings. The number of aliphatic hydroxyl groups is 1. The van der Waals surface area contributed by atoms with E-state index in [2.05, 4.69) is 33.8 Å². The zero-order valence-electron chi connectivity index (χ0n) is 19.2. The molecular weight excluding hydrogens is 364 g/mol. The molecule has 2 N–H and O–H groups in total. The lowest BCUT2D eigenvalue weighted by atomic mass is 9.93. The van der Waals surface area contributed by atoms with E-state index < -0.39 is 0 Å². The van der Waals surface area contributed by atoms with Crippen molar-refractivity contribution in [2.45, 2.75) is 85.5 Å². The highest BCUT2D eigenvalue weighted by molar-refractivity contribution is 5.47. The second-order valence-corrected chi connectivity index (χ2v) is 8.70. The second kappa shape index (κ2) is 15.6. The summed E-state index contributed by atoms with van der Waals surface area (Å²) >= 11 is 0. The summed E-state index contributed by atoms with van der Waals surface area (Å²) in [6.07, 6.45) is 10.1. The Morgan fingerprint density at radius 3 is 2.38 bits per heavy atom. The van der Waals surface area contributed by atoms with Gasteiger partial charge in [-0.2, -0.15) is 0 Å². The van der Waals surface area contributed by atoms with Crippen LogP contribution in [0.1, 0.15) is 83.8 Å². The number of aliphatic hydroxyl groups excluding tert-OH is 1. The summed E-state index contributed by atoms with van der Waals surface area (Å²) in [4.78, 5) is 0. The van der Waals surface area contributed by atoms with Gasteiger partial charge in [-0.05, 0) is 55.2 Å². The van der Waals surface area contributed by atoms with E-state index in [4.69, 9.17) is 14.6 Å². The second-order valence-electron chi connectivity index (χ2n) is 8.70. The Kier molecular flexibility index (Phi) is 13.8. The van der Waals surface area contributed by atoms with E-state index >= 15 is 0 Å². The van der Waals surface area contributed by atoms with Gasteiger partial charge in [-0.15, -0.1) is 0 Å². The minimum absolute atomic E-state index is 0.0215. The van der Waals surface area contributed by atoms with Crippen molar-refractivity contribution >= 4 is 0 Å². The highest BCUT2D eigenvalue weighted by Gasteiger charge is 2.14. The molecule has 29 heavy (non-hydrogen) atoms. The van der Waals surface area contributed by atoms with Crippen LogP contribution >= 0.6 is 0 Å². The van der Waals surface area contributed by atoms with Crippen LogP contribution in [0.2, 0.25) is 0 Å². The van der Waals surface area contributed by atoms with Crippen LogP contribution in [0.15, 0.2) is 12.1 Å². The molecular formula is C25H44O4. The standard InChI is InChI=1S/C25H44O4/c1-5-6-7-11-22-18-24(27)23(13-12-21(4)10-8-9-20(2)3)25(19-22)29-17-16-28-15-14-26/h18-21,26-27H,5-17H2,1-4H3/t21-/m1/s1. The van der Waals surface area contributed by atoms with Gasteiger partial charge in [0.1, 0.15) is 18.1 Å². The number of aryl methyl sites for hydroxylation is 1. The molecule has 0 aromatic heterocycles. The quantitative estimate of drug-likeness (QED) is 0.315. The average Bonchev–Trinajstić information content (AvgIpc) is 2.67. The molecule has 0 heterocycles. The molecule has 1 atom stereocenters. The third kappa shape index (κ3) is 11.5. The molecule has 0 saturated carbocycles. The van der Waals surface area contributed by atoms with Gasteiger partial charge < -0.3 is 19.7 Å². The first-order valence-electron chi connectivity index (χ1n) is 11.6. The summed E-state index contributed by atoms with van der Waals surface area (Å²) in [6.45, 7) is 10.3. The van der Waals surface area contributed by atoms with Gasteiger partial charge in [0.25, 0.3) is 0 Å². The number of phenols is 1. The smallest absolute Gasteiger partial charge is 0.126 e. The molecule has 0 amide bonds. The Bertz CT molecular complexity index is 542. The fourth-order valence-corrected chi connectivity index (χ4v) is 3.58. The minimum atomic E-state index is 0.0215. The van der Waals surface area contributed by atoms with E-state index in [0.29, 0.717) is 31.5 Å². The van der Waals surface area contributed by atoms with E-state index in [1.807, 2.05) is 6.07 Å². The number of hydrogen-bond acceptors (Lipinski definition) is 4. The third-order valence-electron chi connectivity index (χ3n) is 5.40. The normalized spacial score (nSPS) is 12.5. The first-order valence-corrected chi connectivity index (χ1v) is 11.6. The summed E-state index contributed by atoms with van der Waals surface area (Å²) in [5.74, 6) is 2.55. The van der Waals surface area contributed by atoms with Gasteiger partial charge in [-0.1, -0.05) is 59.8 Å². The van der Waals surface area contributed by atoms with E-state index in [0.717, 1.165) is 48.5 Å². The van der Waals surface area contributed by atoms with Gasteiger partial charge in [-0.3, -0.25) is 0 Å². The third-order valence-corrected chi connectivity index (χ3v) is 5.40. The van der Waals surface area contributed by atoms with Crippen LogP contribution in [0.25, 0.3) is 0 Å². The van der Waals surface area contributed by atoms with E-state index in [9.17, 15) is 5.11 Å². The van der Waals surface area contributed by atoms with Gasteiger partial charge >= 0.3 is 0 Å². The first-order chi connectivity index (χ1) is 14.0. The molecule has 0 aliphatic heterocycles. The van der Waals surface area contributed by atoms with Crippen LogP contribution in [0.3, 0.4) is 0 Å². The number of benzene rings is 1. The monoisotopic (exact) mass is 408 g/mol. The lowest BCUT2D eigenvalue weighted by molar-refractivity contribution is 0.0702. The van der Waals surface area contributed by atoms with Gasteiger partial charge in [0.2, 0.25) is 0 Å². The molecule has 0 aliphatic carbocycles. The number of hydrogen-bond donors (Lipinski definition) is 2. The van der Waals surface area contributed by atoms with Crippen LogP contribution < -0.4 is 4.74 Å². The lowest BCUT2D eigenvalue weighted by Crippen LogP contribution is -2.10. The molecule has 0 saturated heterocycles. The highest BCUT2D eigenvalue weighted by Crippen LogP contribution is 2.33. The number of rotatable bonds is 17. The first kappa shape index (κ1) is 25.8. The number of ether oxygens (including phenoxy) is 2. The summed E-state index contributed by atoms with van der Waals surface area (Å²) in [5, 5.41) is 19.5. The summed E-state index contributed by atoms with van der Waals surface area (Å²) in [5.41, 5.74) is 2.05. The van der Waals surface area contributed by atoms with E-state index in [1.165, 1.54) is 32.1 Å². The fourth-order valence-electron chi connectivity index (χ4n) is 3.58. The van der Waals surface area contributed by atoms with Crippen molar-refractivity contribution in [3.8, 4) is 11.5 Å². The maximum atomic E-state index is 10.7. The Morgan fingerprint density at radius 1 is 0.897 bits per heavy atom. The topological polar surface area (TPSA) is 58.9 Å². The lowest BCUT2D eigenvalue weighted by Gasteiger charge is -2.17. The maximum Gasteiger partial charge on any atom is 0.126 e. The average molecular weight is 409 g/mol. The predicted octanol–water partition coefficient (Wildman–Crippen LogP) is 5.91. The van der Waals surface area contributed by atoms with Crippen molar-refractivity contribution in [3.05, 3.63) is 23.3 Å². The van der Waals surface area contributed by atoms with Gasteiger partial charge in [-0.25, -0.2) is 0 Å². The molecule has 1 rings (SSSR count). The Hall–Kier alpha value is -1.26. The molecule has 0 bridgehead atoms. The maximum absolute atomic E-state index is 10.7. The highest BCUT2D eigenvalue weighted by atomic mass is 16.5. The van der Waals surface area contributed by atoms with E-state index in [-0.39, 0.29) is 6.61 Å². The van der Waals surface area contributed by atoms with Gasteiger partial charge in [0, 0.05) is 5.56 Å². The van der Waals surface area contributed by atoms with E-state index in [1.54, 1.807) is 0 Å². The summed E-state index contributed by atoms with van der Waals surface area (Å²) < 4.78 is 11.3. The minimum Gasteiger partial charge on any atom is -0.508 e. The van der Waals surface area contributed by atoms with Crippen molar-refractivity contribution < 1.29 is 19.7 Å². The van der Waals surface area contributed by atoms with Crippen LogP contribution in [-0.2, 0) is 17.6 Å². The molecule has 0 fully saturated rings. The largest absolute Gasteiger partial charge is 0.508 e. The molecule has 4 nitrogen and oxygen atoms in total. The Balaban J connectivity index is 2.72. The van der Waals surface area contributed by atoms with Crippen LogP contribution in [-0.4, -0.2) is 36.6 Å². The molecule has 0 radical (unpaired) electrons. The molecule has 4 heteroatoms. The molecule has 0 aliphatic rings. The van der Waals surface area contributed by atoms with Crippen molar-refractivity contribution in [1.82, 2.24) is 0 Å². The van der Waals surface area contributed by atoms with Crippen molar-refractivity contribution in [2.75, 3.05) is 26.4 Å². The summed E-state index contributed by atoms with van der Waals surface area (Å²) in [6, 6.07) is 4.02. The summed E-state index contributed by atoms with van der Waals surface area (Å²) in [7, 11) is 0. The van der Waals surface area contributed by atoms with Gasteiger partial charge in [0.15, 0.2) is 0 Å². The number of phenolic OH excluding ortho intramolecular Hbond substituents is 1. The zero-order valence-corrected chi connectivity index (χ0v) is 19.2. The Morgan fingerprint density at radius 2 is 1.69 bits per heavy atom. The SMILES string of the molecule is CCCCCc1cc(O)c(CC[C@H](C)CCCC(C)C)c(OCCOCCO)c1. The van der Waals surface area contributed by atoms with Crippen molar-refractivity contribution in [2.24, 2.45) is 11.8 Å². The molecule has 0 unspecified atom stereocenters. The van der Waals surface area contributed by atoms with Crippen LogP contribution in [0.5, 0.6) is 11.5 Å².